The highest BCUT2D eigenvalue weighted by molar-refractivity contribution is 6.31. The summed E-state index contributed by atoms with van der Waals surface area (Å²) in [4.78, 5) is 19.4. The third-order valence-electron chi connectivity index (χ3n) is 3.14. The number of fused-ring (bicyclic) bond motifs is 1. The molecule has 0 radical (unpaired) electrons. The zero-order chi connectivity index (χ0) is 13.9. The second kappa shape index (κ2) is 5.78. The number of H-pyrrole nitrogens is 1. The maximum Gasteiger partial charge on any atom is 0.250 e. The second-order valence-corrected chi connectivity index (χ2v) is 5.06. The number of aromatic amines is 1. The summed E-state index contributed by atoms with van der Waals surface area (Å²) in [7, 11) is 0. The summed E-state index contributed by atoms with van der Waals surface area (Å²) < 4.78 is 5.38. The van der Waals surface area contributed by atoms with Gasteiger partial charge in [-0.15, -0.1) is 0 Å². The Kier molecular flexibility index (Phi) is 3.86. The number of hydrogen-bond donors (Lipinski definition) is 3. The second-order valence-electron chi connectivity index (χ2n) is 4.63. The molecule has 0 saturated carbocycles. The number of benzene rings is 1. The Morgan fingerprint density at radius 3 is 3.25 bits per heavy atom. The number of nitrogens with one attached hydrogen (secondary N) is 3. The van der Waals surface area contributed by atoms with Crippen LogP contribution in [0.15, 0.2) is 18.2 Å². The molecular weight excluding hydrogens is 280 g/mol. The Morgan fingerprint density at radius 1 is 1.55 bits per heavy atom. The van der Waals surface area contributed by atoms with E-state index in [1.165, 1.54) is 0 Å². The van der Waals surface area contributed by atoms with Gasteiger partial charge < -0.3 is 20.4 Å². The highest BCUT2D eigenvalue weighted by atomic mass is 35.5. The van der Waals surface area contributed by atoms with Gasteiger partial charge in [-0.05, 0) is 18.2 Å². The van der Waals surface area contributed by atoms with E-state index < -0.39 is 6.10 Å². The smallest absolute Gasteiger partial charge is 0.250 e. The Morgan fingerprint density at radius 2 is 2.45 bits per heavy atom. The van der Waals surface area contributed by atoms with E-state index in [2.05, 4.69) is 20.6 Å². The van der Waals surface area contributed by atoms with Crippen LogP contribution in [0.25, 0.3) is 11.0 Å². The first-order chi connectivity index (χ1) is 9.72. The van der Waals surface area contributed by atoms with Crippen LogP contribution in [0, 0.1) is 0 Å². The summed E-state index contributed by atoms with van der Waals surface area (Å²) in [6.07, 6.45) is -0.428. The van der Waals surface area contributed by atoms with E-state index in [4.69, 9.17) is 16.3 Å². The average Bonchev–Trinajstić information content (AvgIpc) is 2.87. The van der Waals surface area contributed by atoms with Gasteiger partial charge in [-0.1, -0.05) is 11.6 Å². The molecule has 1 aliphatic rings. The van der Waals surface area contributed by atoms with Crippen molar-refractivity contribution in [3.05, 3.63) is 29.0 Å². The lowest BCUT2D eigenvalue weighted by atomic mass is 10.3. The number of hydrogen-bond acceptors (Lipinski definition) is 4. The van der Waals surface area contributed by atoms with Gasteiger partial charge in [0.15, 0.2) is 0 Å². The first kappa shape index (κ1) is 13.4. The molecule has 0 bridgehead atoms. The third kappa shape index (κ3) is 2.92. The summed E-state index contributed by atoms with van der Waals surface area (Å²) in [6, 6.07) is 5.44. The summed E-state index contributed by atoms with van der Waals surface area (Å²) in [5.41, 5.74) is 1.69. The molecule has 0 unspecified atom stereocenters. The van der Waals surface area contributed by atoms with Crippen LogP contribution in [0.4, 0.5) is 0 Å². The zero-order valence-electron chi connectivity index (χ0n) is 10.8. The maximum absolute atomic E-state index is 11.9. The van der Waals surface area contributed by atoms with Crippen molar-refractivity contribution in [1.82, 2.24) is 20.6 Å². The molecule has 2 aromatic rings. The highest BCUT2D eigenvalue weighted by Gasteiger charge is 2.21. The predicted octanol–water partition coefficient (Wildman–Crippen LogP) is 0.821. The minimum Gasteiger partial charge on any atom is -0.366 e. The SMILES string of the molecule is O=C(NCc1nc2ccc(Cl)cc2[nH]1)[C@H]1CNCCO1. The van der Waals surface area contributed by atoms with Gasteiger partial charge in [0.1, 0.15) is 11.9 Å². The van der Waals surface area contributed by atoms with Gasteiger partial charge in [-0.3, -0.25) is 4.79 Å². The van der Waals surface area contributed by atoms with Crippen molar-refractivity contribution in [2.45, 2.75) is 12.6 Å². The van der Waals surface area contributed by atoms with Crippen molar-refractivity contribution < 1.29 is 9.53 Å². The van der Waals surface area contributed by atoms with Crippen LogP contribution < -0.4 is 10.6 Å². The summed E-state index contributed by atoms with van der Waals surface area (Å²) in [5, 5.41) is 6.58. The first-order valence-corrected chi connectivity index (χ1v) is 6.84. The molecule has 20 heavy (non-hydrogen) atoms. The van der Waals surface area contributed by atoms with E-state index >= 15 is 0 Å². The van der Waals surface area contributed by atoms with E-state index in [1.807, 2.05) is 12.1 Å². The molecule has 0 spiro atoms. The van der Waals surface area contributed by atoms with Gasteiger partial charge in [0.05, 0.1) is 24.2 Å². The molecule has 3 rings (SSSR count). The molecule has 1 fully saturated rings. The lowest BCUT2D eigenvalue weighted by molar-refractivity contribution is -0.134. The van der Waals surface area contributed by atoms with Crippen LogP contribution in [-0.2, 0) is 16.1 Å². The van der Waals surface area contributed by atoms with Gasteiger partial charge in [0.25, 0.3) is 5.91 Å². The predicted molar refractivity (Wildman–Crippen MR) is 75.6 cm³/mol. The van der Waals surface area contributed by atoms with Gasteiger partial charge in [0.2, 0.25) is 0 Å². The molecule has 0 aliphatic carbocycles. The molecule has 1 aromatic carbocycles. The molecule has 1 aromatic heterocycles. The van der Waals surface area contributed by atoms with Gasteiger partial charge in [-0.25, -0.2) is 4.98 Å². The standard InChI is InChI=1S/C13H15ClN4O2/c14-8-1-2-9-10(5-8)18-12(17-9)7-16-13(19)11-6-15-3-4-20-11/h1-2,5,11,15H,3-4,6-7H2,(H,16,19)(H,17,18)/t11-/m1/s1. The van der Waals surface area contributed by atoms with Crippen molar-refractivity contribution >= 4 is 28.5 Å². The number of carbonyl (C=O) groups is 1. The van der Waals surface area contributed by atoms with Crippen molar-refractivity contribution in [2.24, 2.45) is 0 Å². The lowest BCUT2D eigenvalue weighted by Gasteiger charge is -2.22. The van der Waals surface area contributed by atoms with Gasteiger partial charge >= 0.3 is 0 Å². The normalized spacial score (nSPS) is 19.1. The summed E-state index contributed by atoms with van der Waals surface area (Å²) in [5.74, 6) is 0.565. The highest BCUT2D eigenvalue weighted by Crippen LogP contribution is 2.17. The molecule has 1 saturated heterocycles. The molecule has 1 aliphatic heterocycles. The number of nitrogens with zero attached hydrogens (tertiary/aromatic N) is 1. The summed E-state index contributed by atoms with van der Waals surface area (Å²) >= 11 is 5.92. The number of amides is 1. The number of halogens is 1. The molecule has 7 heteroatoms. The molecule has 6 nitrogen and oxygen atoms in total. The molecule has 2 heterocycles. The van der Waals surface area contributed by atoms with E-state index in [1.54, 1.807) is 6.07 Å². The first-order valence-electron chi connectivity index (χ1n) is 6.46. The van der Waals surface area contributed by atoms with E-state index in [-0.39, 0.29) is 5.91 Å². The van der Waals surface area contributed by atoms with Gasteiger partial charge in [-0.2, -0.15) is 0 Å². The monoisotopic (exact) mass is 294 g/mol. The Labute approximate surface area is 120 Å². The largest absolute Gasteiger partial charge is 0.366 e. The van der Waals surface area contributed by atoms with Crippen molar-refractivity contribution in [3.8, 4) is 0 Å². The van der Waals surface area contributed by atoms with E-state index in [0.29, 0.717) is 30.5 Å². The molecule has 1 amide bonds. The number of aromatic nitrogens is 2. The third-order valence-corrected chi connectivity index (χ3v) is 3.38. The summed E-state index contributed by atoms with van der Waals surface area (Å²) in [6.45, 7) is 2.22. The molecule has 1 atom stereocenters. The fourth-order valence-electron chi connectivity index (χ4n) is 2.14. The van der Waals surface area contributed by atoms with Crippen LogP contribution in [0.5, 0.6) is 0 Å². The minimum absolute atomic E-state index is 0.129. The van der Waals surface area contributed by atoms with E-state index in [0.717, 1.165) is 17.6 Å². The molecule has 3 N–H and O–H groups in total. The quantitative estimate of drug-likeness (QED) is 0.783. The van der Waals surface area contributed by atoms with Crippen LogP contribution in [0.2, 0.25) is 5.02 Å². The Hall–Kier alpha value is -1.63. The maximum atomic E-state index is 11.9. The zero-order valence-corrected chi connectivity index (χ0v) is 11.5. The minimum atomic E-state index is -0.428. The number of ether oxygens (including phenoxy) is 1. The topological polar surface area (TPSA) is 79.0 Å². The number of rotatable bonds is 3. The fourth-order valence-corrected chi connectivity index (χ4v) is 2.31. The molecule has 106 valence electrons. The fraction of sp³-hybridized carbons (Fsp3) is 0.385. The van der Waals surface area contributed by atoms with Gasteiger partial charge in [0, 0.05) is 18.1 Å². The van der Waals surface area contributed by atoms with Crippen molar-refractivity contribution in [1.29, 1.82) is 0 Å². The van der Waals surface area contributed by atoms with Crippen LogP contribution >= 0.6 is 11.6 Å². The van der Waals surface area contributed by atoms with Crippen molar-refractivity contribution in [3.63, 3.8) is 0 Å². The Bertz CT molecular complexity index is 622. The van der Waals surface area contributed by atoms with Crippen LogP contribution in [-0.4, -0.2) is 41.7 Å². The Balaban J connectivity index is 1.63. The molecular formula is C13H15ClN4O2. The van der Waals surface area contributed by atoms with Crippen LogP contribution in [0.1, 0.15) is 5.82 Å². The number of morpholine rings is 1. The van der Waals surface area contributed by atoms with Crippen molar-refractivity contribution in [2.75, 3.05) is 19.7 Å². The lowest BCUT2D eigenvalue weighted by Crippen LogP contribution is -2.47. The average molecular weight is 295 g/mol. The van der Waals surface area contributed by atoms with E-state index in [9.17, 15) is 4.79 Å². The van der Waals surface area contributed by atoms with Crippen LogP contribution in [0.3, 0.4) is 0 Å². The number of carbonyl (C=O) groups excluding carboxylic acids is 1. The number of imidazole rings is 1.